The summed E-state index contributed by atoms with van der Waals surface area (Å²) in [5.74, 6) is 0. The molecule has 0 radical (unpaired) electrons. The minimum atomic E-state index is 0. The Bertz CT molecular complexity index is 256. The number of nitrogens with zero attached hydrogens (tertiary/aromatic N) is 2. The minimum absolute atomic E-state index is 0. The topological polar surface area (TPSA) is 47.6 Å². The number of hydrogen-bond acceptors (Lipinski definition) is 2. The molecule has 74 valence electrons. The molecule has 1 fully saturated rings. The van der Waals surface area contributed by atoms with Crippen LogP contribution in [0.2, 0.25) is 0 Å². The summed E-state index contributed by atoms with van der Waals surface area (Å²) >= 11 is 0. The van der Waals surface area contributed by atoms with Gasteiger partial charge >= 0.3 is 0 Å². The molecular formula is C10H16N2OZn. The third kappa shape index (κ3) is 2.84. The second kappa shape index (κ2) is 6.23. The van der Waals surface area contributed by atoms with Gasteiger partial charge in [0.1, 0.15) is 0 Å². The van der Waals surface area contributed by atoms with Crippen molar-refractivity contribution in [3.05, 3.63) is 30.1 Å². The van der Waals surface area contributed by atoms with Gasteiger partial charge in [-0.3, -0.25) is 9.88 Å². The van der Waals surface area contributed by atoms with Crippen LogP contribution < -0.4 is 0 Å². The Labute approximate surface area is 97.6 Å². The summed E-state index contributed by atoms with van der Waals surface area (Å²) in [6.45, 7) is 1.22. The maximum atomic E-state index is 4.14. The molecular weight excluding hydrogens is 230 g/mol. The molecule has 2 N–H and O–H groups in total. The predicted octanol–water partition coefficient (Wildman–Crippen LogP) is 1.02. The SMILES string of the molecule is CN1CCCC1c1cccnc1.O.[Zn]. The maximum Gasteiger partial charge on any atom is 0.0360 e. The molecule has 4 heteroatoms. The van der Waals surface area contributed by atoms with Crippen LogP contribution in [-0.4, -0.2) is 29.0 Å². The van der Waals surface area contributed by atoms with E-state index in [1.165, 1.54) is 24.9 Å². The molecule has 0 bridgehead atoms. The Morgan fingerprint density at radius 2 is 2.29 bits per heavy atom. The molecule has 1 aliphatic heterocycles. The van der Waals surface area contributed by atoms with Crippen molar-refractivity contribution < 1.29 is 25.0 Å². The van der Waals surface area contributed by atoms with Crippen LogP contribution in [0.5, 0.6) is 0 Å². The molecule has 1 aliphatic rings. The van der Waals surface area contributed by atoms with Gasteiger partial charge in [0, 0.05) is 37.9 Å². The molecule has 2 heterocycles. The van der Waals surface area contributed by atoms with E-state index in [1.807, 2.05) is 18.5 Å². The van der Waals surface area contributed by atoms with Gasteiger partial charge < -0.3 is 5.48 Å². The molecule has 2 rings (SSSR count). The molecule has 0 spiro atoms. The average Bonchev–Trinajstić information content (AvgIpc) is 2.53. The van der Waals surface area contributed by atoms with Crippen LogP contribution in [0.4, 0.5) is 0 Å². The van der Waals surface area contributed by atoms with E-state index >= 15 is 0 Å². The number of pyridine rings is 1. The van der Waals surface area contributed by atoms with E-state index in [0.29, 0.717) is 6.04 Å². The van der Waals surface area contributed by atoms with Gasteiger partial charge in [0.25, 0.3) is 0 Å². The molecule has 0 amide bonds. The maximum absolute atomic E-state index is 4.14. The van der Waals surface area contributed by atoms with Crippen LogP contribution in [0.15, 0.2) is 24.5 Å². The molecule has 0 aliphatic carbocycles. The van der Waals surface area contributed by atoms with E-state index in [2.05, 4.69) is 23.0 Å². The minimum Gasteiger partial charge on any atom is -0.412 e. The number of likely N-dealkylation sites (tertiary alicyclic amines) is 1. The van der Waals surface area contributed by atoms with Gasteiger partial charge in [-0.25, -0.2) is 0 Å². The van der Waals surface area contributed by atoms with Gasteiger partial charge in [-0.1, -0.05) is 6.07 Å². The number of rotatable bonds is 1. The quantitative estimate of drug-likeness (QED) is 0.694. The van der Waals surface area contributed by atoms with Crippen LogP contribution in [-0.2, 0) is 19.5 Å². The summed E-state index contributed by atoms with van der Waals surface area (Å²) in [6, 6.07) is 4.79. The first-order chi connectivity index (χ1) is 5.88. The Balaban J connectivity index is 0.000000845. The summed E-state index contributed by atoms with van der Waals surface area (Å²) in [5, 5.41) is 0. The Morgan fingerprint density at radius 1 is 1.50 bits per heavy atom. The summed E-state index contributed by atoms with van der Waals surface area (Å²) < 4.78 is 0. The smallest absolute Gasteiger partial charge is 0.0360 e. The van der Waals surface area contributed by atoms with Crippen LogP contribution >= 0.6 is 0 Å². The van der Waals surface area contributed by atoms with Crippen molar-refractivity contribution in [2.24, 2.45) is 0 Å². The molecule has 0 saturated carbocycles. The zero-order valence-corrected chi connectivity index (χ0v) is 11.6. The Kier molecular flexibility index (Phi) is 6.09. The van der Waals surface area contributed by atoms with Crippen LogP contribution in [0, 0.1) is 0 Å². The standard InChI is InChI=1S/C10H14N2.H2O.Zn/c1-12-7-3-5-10(12)9-4-2-6-11-8-9;;/h2,4,6,8,10H,3,5,7H2,1H3;1H2;. The zero-order valence-electron chi connectivity index (χ0n) is 8.61. The molecule has 14 heavy (non-hydrogen) atoms. The molecule has 1 unspecified atom stereocenters. The first kappa shape index (κ1) is 13.7. The van der Waals surface area contributed by atoms with Crippen LogP contribution in [0.3, 0.4) is 0 Å². The van der Waals surface area contributed by atoms with Gasteiger partial charge in [-0.05, 0) is 38.1 Å². The van der Waals surface area contributed by atoms with Gasteiger partial charge in [-0.2, -0.15) is 0 Å². The van der Waals surface area contributed by atoms with E-state index in [9.17, 15) is 0 Å². The van der Waals surface area contributed by atoms with Gasteiger partial charge in [0.2, 0.25) is 0 Å². The fraction of sp³-hybridized carbons (Fsp3) is 0.500. The normalized spacial score (nSPS) is 21.1. The fourth-order valence-corrected chi connectivity index (χ4v) is 1.90. The molecule has 3 nitrogen and oxygen atoms in total. The van der Waals surface area contributed by atoms with Gasteiger partial charge in [0.05, 0.1) is 0 Å². The second-order valence-electron chi connectivity index (χ2n) is 3.42. The van der Waals surface area contributed by atoms with Gasteiger partial charge in [-0.15, -0.1) is 0 Å². The summed E-state index contributed by atoms with van der Waals surface area (Å²) in [4.78, 5) is 6.54. The van der Waals surface area contributed by atoms with Crippen molar-refractivity contribution in [2.75, 3.05) is 13.6 Å². The molecule has 1 saturated heterocycles. The van der Waals surface area contributed by atoms with Crippen molar-refractivity contribution in [1.29, 1.82) is 0 Å². The zero-order chi connectivity index (χ0) is 8.39. The summed E-state index contributed by atoms with van der Waals surface area (Å²) in [5.41, 5.74) is 1.36. The molecule has 1 aromatic heterocycles. The van der Waals surface area contributed by atoms with E-state index < -0.39 is 0 Å². The molecule has 1 aromatic rings. The first-order valence-electron chi connectivity index (χ1n) is 4.48. The van der Waals surface area contributed by atoms with Gasteiger partial charge in [0.15, 0.2) is 0 Å². The monoisotopic (exact) mass is 244 g/mol. The Hall–Kier alpha value is -0.307. The average molecular weight is 246 g/mol. The van der Waals surface area contributed by atoms with E-state index in [0.717, 1.165) is 0 Å². The van der Waals surface area contributed by atoms with Crippen molar-refractivity contribution in [2.45, 2.75) is 18.9 Å². The predicted molar refractivity (Wildman–Crippen MR) is 52.5 cm³/mol. The Morgan fingerprint density at radius 3 is 2.79 bits per heavy atom. The van der Waals surface area contributed by atoms with E-state index in [1.54, 1.807) is 0 Å². The third-order valence-corrected chi connectivity index (χ3v) is 2.59. The largest absolute Gasteiger partial charge is 0.412 e. The van der Waals surface area contributed by atoms with E-state index in [-0.39, 0.29) is 25.0 Å². The third-order valence-electron chi connectivity index (χ3n) is 2.59. The van der Waals surface area contributed by atoms with Crippen LogP contribution in [0.25, 0.3) is 0 Å². The van der Waals surface area contributed by atoms with E-state index in [4.69, 9.17) is 0 Å². The van der Waals surface area contributed by atoms with Crippen molar-refractivity contribution in [3.63, 3.8) is 0 Å². The molecule has 0 aromatic carbocycles. The summed E-state index contributed by atoms with van der Waals surface area (Å²) in [6.07, 6.45) is 6.41. The molecule has 1 atom stereocenters. The summed E-state index contributed by atoms with van der Waals surface area (Å²) in [7, 11) is 2.19. The van der Waals surface area contributed by atoms with Crippen molar-refractivity contribution in [3.8, 4) is 0 Å². The first-order valence-corrected chi connectivity index (χ1v) is 4.48. The van der Waals surface area contributed by atoms with Crippen LogP contribution in [0.1, 0.15) is 24.4 Å². The fourth-order valence-electron chi connectivity index (χ4n) is 1.90. The van der Waals surface area contributed by atoms with Crippen molar-refractivity contribution in [1.82, 2.24) is 9.88 Å². The number of hydrogen-bond donors (Lipinski definition) is 0. The van der Waals surface area contributed by atoms with Crippen molar-refractivity contribution >= 4 is 0 Å². The number of aromatic nitrogens is 1. The second-order valence-corrected chi connectivity index (χ2v) is 3.42.